The zero-order chi connectivity index (χ0) is 13.7. The van der Waals surface area contributed by atoms with Crippen LogP contribution in [0.5, 0.6) is 0 Å². The lowest BCUT2D eigenvalue weighted by molar-refractivity contribution is 0.411. The molecule has 1 aliphatic rings. The molecule has 0 spiro atoms. The Kier molecular flexibility index (Phi) is 4.87. The Hall–Kier alpha value is -1.01. The predicted octanol–water partition coefficient (Wildman–Crippen LogP) is 2.55. The molecule has 0 saturated heterocycles. The molecule has 19 heavy (non-hydrogen) atoms. The van der Waals surface area contributed by atoms with E-state index in [1.807, 2.05) is 18.7 Å². The first-order valence-corrected chi connectivity index (χ1v) is 8.00. The van der Waals surface area contributed by atoms with E-state index < -0.39 is 0 Å². The maximum Gasteiger partial charge on any atom is 0.148 e. The molecule has 0 unspecified atom stereocenters. The summed E-state index contributed by atoms with van der Waals surface area (Å²) in [5.41, 5.74) is 3.57. The van der Waals surface area contributed by atoms with E-state index in [2.05, 4.69) is 27.0 Å². The van der Waals surface area contributed by atoms with Crippen LogP contribution < -0.4 is 16.6 Å². The summed E-state index contributed by atoms with van der Waals surface area (Å²) in [6.45, 7) is 2.93. The molecule has 1 fully saturated rings. The normalized spacial score (nSPS) is 18.1. The molecule has 4 N–H and O–H groups in total. The van der Waals surface area contributed by atoms with Crippen molar-refractivity contribution in [3.8, 4) is 0 Å². The number of nitrogen functional groups attached to an aromatic ring is 1. The van der Waals surface area contributed by atoms with Gasteiger partial charge in [0.05, 0.1) is 0 Å². The molecule has 1 aromatic rings. The Balaban J connectivity index is 2.05. The first kappa shape index (κ1) is 14.4. The number of hydrogen-bond acceptors (Lipinski definition) is 6. The summed E-state index contributed by atoms with van der Waals surface area (Å²) in [5, 5.41) is 3.48. The minimum Gasteiger partial charge on any atom is -0.368 e. The summed E-state index contributed by atoms with van der Waals surface area (Å²) in [7, 11) is 0. The molecular weight excluding hydrogens is 258 g/mol. The second kappa shape index (κ2) is 6.43. The second-order valence-corrected chi connectivity index (χ2v) is 6.42. The third kappa shape index (κ3) is 3.30. The Morgan fingerprint density at radius 1 is 1.26 bits per heavy atom. The zero-order valence-corrected chi connectivity index (χ0v) is 12.5. The van der Waals surface area contributed by atoms with Gasteiger partial charge in [-0.05, 0) is 26.0 Å². The van der Waals surface area contributed by atoms with E-state index in [1.54, 1.807) is 0 Å². The first-order valence-electron chi connectivity index (χ1n) is 6.78. The molecule has 1 saturated carbocycles. The van der Waals surface area contributed by atoms with Crippen LogP contribution in [0.3, 0.4) is 0 Å². The number of hydrazine groups is 1. The molecule has 106 valence electrons. The van der Waals surface area contributed by atoms with Gasteiger partial charge in [-0.3, -0.25) is 0 Å². The zero-order valence-electron chi connectivity index (χ0n) is 11.7. The summed E-state index contributed by atoms with van der Waals surface area (Å²) >= 11 is 1.98. The molecule has 0 radical (unpaired) electrons. The van der Waals surface area contributed by atoms with Gasteiger partial charge in [0, 0.05) is 16.9 Å². The summed E-state index contributed by atoms with van der Waals surface area (Å²) in [4.78, 5) is 8.41. The lowest BCUT2D eigenvalue weighted by Gasteiger charge is -2.36. The average molecular weight is 281 g/mol. The van der Waals surface area contributed by atoms with Crippen molar-refractivity contribution in [1.29, 1.82) is 0 Å². The van der Waals surface area contributed by atoms with Gasteiger partial charge in [-0.2, -0.15) is 11.8 Å². The standard InChI is InChI=1S/C13H23N5S/c1-10-11(16-9-17-12(10)18-14)15-8-13(19-2)6-4-3-5-7-13/h9H,3-8,14H2,1-2H3,(H2,15,16,17,18). The van der Waals surface area contributed by atoms with Crippen LogP contribution in [-0.4, -0.2) is 27.5 Å². The second-order valence-electron chi connectivity index (χ2n) is 5.14. The highest BCUT2D eigenvalue weighted by Gasteiger charge is 2.31. The van der Waals surface area contributed by atoms with Gasteiger partial charge >= 0.3 is 0 Å². The Morgan fingerprint density at radius 2 is 1.95 bits per heavy atom. The average Bonchev–Trinajstić information content (AvgIpc) is 2.47. The van der Waals surface area contributed by atoms with Crippen molar-refractivity contribution in [2.45, 2.75) is 43.8 Å². The van der Waals surface area contributed by atoms with Gasteiger partial charge < -0.3 is 10.7 Å². The highest BCUT2D eigenvalue weighted by molar-refractivity contribution is 8.00. The third-order valence-corrected chi connectivity index (χ3v) is 5.42. The maximum absolute atomic E-state index is 5.44. The van der Waals surface area contributed by atoms with Crippen LogP contribution in [0.4, 0.5) is 11.6 Å². The molecule has 5 nitrogen and oxygen atoms in total. The minimum absolute atomic E-state index is 0.353. The molecular formula is C13H23N5S. The van der Waals surface area contributed by atoms with E-state index in [0.29, 0.717) is 10.6 Å². The van der Waals surface area contributed by atoms with Crippen LogP contribution >= 0.6 is 11.8 Å². The van der Waals surface area contributed by atoms with E-state index in [1.165, 1.54) is 38.4 Å². The van der Waals surface area contributed by atoms with E-state index >= 15 is 0 Å². The van der Waals surface area contributed by atoms with Crippen molar-refractivity contribution in [2.24, 2.45) is 5.84 Å². The number of rotatable bonds is 5. The largest absolute Gasteiger partial charge is 0.368 e. The van der Waals surface area contributed by atoms with E-state index in [9.17, 15) is 0 Å². The van der Waals surface area contributed by atoms with E-state index in [-0.39, 0.29) is 0 Å². The fourth-order valence-corrected chi connectivity index (χ4v) is 3.58. The van der Waals surface area contributed by atoms with Crippen LogP contribution in [0.2, 0.25) is 0 Å². The molecule has 1 aromatic heterocycles. The van der Waals surface area contributed by atoms with E-state index in [4.69, 9.17) is 5.84 Å². The number of nitrogens with one attached hydrogen (secondary N) is 2. The van der Waals surface area contributed by atoms with Crippen LogP contribution in [0, 0.1) is 6.92 Å². The molecule has 0 aliphatic heterocycles. The number of anilines is 2. The summed E-state index contributed by atoms with van der Waals surface area (Å²) in [6, 6.07) is 0. The van der Waals surface area contributed by atoms with Crippen molar-refractivity contribution < 1.29 is 0 Å². The number of nitrogens with zero attached hydrogens (tertiary/aromatic N) is 2. The van der Waals surface area contributed by atoms with Crippen LogP contribution in [0.15, 0.2) is 6.33 Å². The highest BCUT2D eigenvalue weighted by Crippen LogP contribution is 2.38. The topological polar surface area (TPSA) is 75.9 Å². The number of hydrogen-bond donors (Lipinski definition) is 3. The smallest absolute Gasteiger partial charge is 0.148 e. The van der Waals surface area contributed by atoms with Gasteiger partial charge in [0.1, 0.15) is 18.0 Å². The van der Waals surface area contributed by atoms with Crippen LogP contribution in [0.1, 0.15) is 37.7 Å². The molecule has 2 rings (SSSR count). The highest BCUT2D eigenvalue weighted by atomic mass is 32.2. The van der Waals surface area contributed by atoms with Gasteiger partial charge in [-0.1, -0.05) is 19.3 Å². The van der Waals surface area contributed by atoms with Crippen molar-refractivity contribution in [3.63, 3.8) is 0 Å². The third-order valence-electron chi connectivity index (χ3n) is 4.00. The van der Waals surface area contributed by atoms with Gasteiger partial charge in [-0.25, -0.2) is 15.8 Å². The molecule has 0 amide bonds. The lowest BCUT2D eigenvalue weighted by Crippen LogP contribution is -2.36. The van der Waals surface area contributed by atoms with Crippen molar-refractivity contribution in [3.05, 3.63) is 11.9 Å². The van der Waals surface area contributed by atoms with Crippen LogP contribution in [-0.2, 0) is 0 Å². The summed E-state index contributed by atoms with van der Waals surface area (Å²) in [5.74, 6) is 7.00. The Labute approximate surface area is 119 Å². The molecule has 1 aliphatic carbocycles. The van der Waals surface area contributed by atoms with Crippen LogP contribution in [0.25, 0.3) is 0 Å². The van der Waals surface area contributed by atoms with Crippen molar-refractivity contribution in [2.75, 3.05) is 23.5 Å². The van der Waals surface area contributed by atoms with Crippen molar-refractivity contribution in [1.82, 2.24) is 9.97 Å². The molecule has 0 bridgehead atoms. The SMILES string of the molecule is CSC1(CNc2ncnc(NN)c2C)CCCCC1. The van der Waals surface area contributed by atoms with Gasteiger partial charge in [0.25, 0.3) is 0 Å². The van der Waals surface area contributed by atoms with Gasteiger partial charge in [0.2, 0.25) is 0 Å². The molecule has 0 aromatic carbocycles. The number of thioether (sulfide) groups is 1. The Morgan fingerprint density at radius 3 is 2.58 bits per heavy atom. The van der Waals surface area contributed by atoms with E-state index in [0.717, 1.165) is 17.9 Å². The number of nitrogens with two attached hydrogens (primary N) is 1. The first-order chi connectivity index (χ1) is 9.21. The van der Waals surface area contributed by atoms with Gasteiger partial charge in [0.15, 0.2) is 0 Å². The fraction of sp³-hybridized carbons (Fsp3) is 0.692. The fourth-order valence-electron chi connectivity index (χ4n) is 2.67. The van der Waals surface area contributed by atoms with Gasteiger partial charge in [-0.15, -0.1) is 0 Å². The molecule has 1 heterocycles. The summed E-state index contributed by atoms with van der Waals surface area (Å²) in [6.07, 6.45) is 10.4. The lowest BCUT2D eigenvalue weighted by atomic mass is 9.88. The quantitative estimate of drug-likeness (QED) is 0.569. The maximum atomic E-state index is 5.44. The molecule has 0 atom stereocenters. The molecule has 6 heteroatoms. The Bertz CT molecular complexity index is 417. The summed E-state index contributed by atoms with van der Waals surface area (Å²) < 4.78 is 0.353. The monoisotopic (exact) mass is 281 g/mol. The predicted molar refractivity (Wildman–Crippen MR) is 82.4 cm³/mol. The minimum atomic E-state index is 0.353. The van der Waals surface area contributed by atoms with Crippen molar-refractivity contribution >= 4 is 23.4 Å². The number of aromatic nitrogens is 2.